The predicted molar refractivity (Wildman–Crippen MR) is 106 cm³/mol. The van der Waals surface area contributed by atoms with Gasteiger partial charge in [0.25, 0.3) is 11.8 Å². The van der Waals surface area contributed by atoms with E-state index in [2.05, 4.69) is 10.6 Å². The third-order valence-electron chi connectivity index (χ3n) is 3.73. The summed E-state index contributed by atoms with van der Waals surface area (Å²) in [5.74, 6) is -0.516. The number of benzene rings is 2. The van der Waals surface area contributed by atoms with Gasteiger partial charge in [0, 0.05) is 18.8 Å². The molecule has 0 spiro atoms. The number of anilines is 1. The van der Waals surface area contributed by atoms with Crippen LogP contribution in [0.25, 0.3) is 0 Å². The Hall–Kier alpha value is -2.86. The number of hydrogen-bond acceptors (Lipinski definition) is 4. The maximum atomic E-state index is 12.6. The molecule has 0 bridgehead atoms. The summed E-state index contributed by atoms with van der Waals surface area (Å²) in [6, 6.07) is 16.2. The zero-order valence-corrected chi connectivity index (χ0v) is 16.0. The highest BCUT2D eigenvalue weighted by Gasteiger charge is 2.26. The van der Waals surface area contributed by atoms with Crippen molar-refractivity contribution in [1.82, 2.24) is 10.6 Å². The molecule has 0 aliphatic rings. The van der Waals surface area contributed by atoms with Gasteiger partial charge in [-0.1, -0.05) is 42.5 Å². The van der Waals surface area contributed by atoms with Crippen LogP contribution in [0.15, 0.2) is 54.6 Å². The van der Waals surface area contributed by atoms with Crippen molar-refractivity contribution in [2.45, 2.75) is 32.5 Å². The molecule has 0 fully saturated rings. The molecule has 0 saturated carbocycles. The van der Waals surface area contributed by atoms with Gasteiger partial charge < -0.3 is 21.1 Å². The van der Waals surface area contributed by atoms with Gasteiger partial charge in [0.05, 0.1) is 11.2 Å². The average Bonchev–Trinajstić information content (AvgIpc) is 2.63. The fraction of sp³-hybridized carbons (Fsp3) is 0.333. The number of para-hydroxylation sites is 1. The van der Waals surface area contributed by atoms with E-state index in [-0.39, 0.29) is 24.9 Å². The standard InChI is InChI=1S/C21H27N3O3/c1-21(2,3)27-18(15-9-5-4-6-10-15)20(26)24-14-13-23-19(25)16-11-7-8-12-17(16)22/h4-12,18H,13-14,22H2,1-3H3,(H,23,25)(H,24,26)/t18-/m1/s1. The lowest BCUT2D eigenvalue weighted by molar-refractivity contribution is -0.143. The Balaban J connectivity index is 1.90. The topological polar surface area (TPSA) is 93.5 Å². The molecule has 0 unspecified atom stereocenters. The first-order valence-electron chi connectivity index (χ1n) is 8.91. The van der Waals surface area contributed by atoms with Gasteiger partial charge >= 0.3 is 0 Å². The van der Waals surface area contributed by atoms with Crippen LogP contribution in [0.5, 0.6) is 0 Å². The average molecular weight is 369 g/mol. The summed E-state index contributed by atoms with van der Waals surface area (Å²) in [5, 5.41) is 5.56. The molecule has 144 valence electrons. The normalized spacial score (nSPS) is 12.3. The first-order valence-corrected chi connectivity index (χ1v) is 8.91. The molecule has 4 N–H and O–H groups in total. The van der Waals surface area contributed by atoms with Crippen LogP contribution in [-0.4, -0.2) is 30.5 Å². The number of amides is 2. The second-order valence-corrected chi connectivity index (χ2v) is 7.16. The minimum atomic E-state index is -0.716. The number of nitrogen functional groups attached to an aromatic ring is 1. The van der Waals surface area contributed by atoms with E-state index in [9.17, 15) is 9.59 Å². The van der Waals surface area contributed by atoms with Crippen molar-refractivity contribution in [1.29, 1.82) is 0 Å². The lowest BCUT2D eigenvalue weighted by Crippen LogP contribution is -2.39. The van der Waals surface area contributed by atoms with E-state index in [1.807, 2.05) is 51.1 Å². The predicted octanol–water partition coefficient (Wildman–Crippen LogP) is 2.67. The smallest absolute Gasteiger partial charge is 0.253 e. The summed E-state index contributed by atoms with van der Waals surface area (Å²) in [7, 11) is 0. The van der Waals surface area contributed by atoms with E-state index in [4.69, 9.17) is 10.5 Å². The maximum Gasteiger partial charge on any atom is 0.253 e. The number of carbonyl (C=O) groups excluding carboxylic acids is 2. The van der Waals surface area contributed by atoms with Crippen LogP contribution >= 0.6 is 0 Å². The number of nitrogens with one attached hydrogen (secondary N) is 2. The number of nitrogens with two attached hydrogens (primary N) is 1. The fourth-order valence-electron chi connectivity index (χ4n) is 2.51. The Morgan fingerprint density at radius 3 is 2.19 bits per heavy atom. The second kappa shape index (κ2) is 9.19. The van der Waals surface area contributed by atoms with Crippen LogP contribution < -0.4 is 16.4 Å². The summed E-state index contributed by atoms with van der Waals surface area (Å²) in [6.45, 7) is 6.28. The van der Waals surface area contributed by atoms with E-state index in [0.717, 1.165) is 5.56 Å². The summed E-state index contributed by atoms with van der Waals surface area (Å²) in [5.41, 5.74) is 6.93. The van der Waals surface area contributed by atoms with E-state index >= 15 is 0 Å². The summed E-state index contributed by atoms with van der Waals surface area (Å²) in [4.78, 5) is 24.7. The first-order chi connectivity index (χ1) is 12.8. The molecule has 2 rings (SSSR count). The SMILES string of the molecule is CC(C)(C)O[C@@H](C(=O)NCCNC(=O)c1ccccc1N)c1ccccc1. The largest absolute Gasteiger partial charge is 0.398 e. The second-order valence-electron chi connectivity index (χ2n) is 7.16. The van der Waals surface area contributed by atoms with Gasteiger partial charge in [0.15, 0.2) is 6.10 Å². The molecular weight excluding hydrogens is 342 g/mol. The van der Waals surface area contributed by atoms with Crippen molar-refractivity contribution in [2.75, 3.05) is 18.8 Å². The zero-order chi connectivity index (χ0) is 19.9. The number of rotatable bonds is 7. The Morgan fingerprint density at radius 2 is 1.56 bits per heavy atom. The van der Waals surface area contributed by atoms with Gasteiger partial charge in [-0.05, 0) is 38.5 Å². The molecule has 2 aromatic carbocycles. The third kappa shape index (κ3) is 6.42. The molecule has 0 aromatic heterocycles. The van der Waals surface area contributed by atoms with Crippen LogP contribution in [0, 0.1) is 0 Å². The highest BCUT2D eigenvalue weighted by atomic mass is 16.5. The lowest BCUT2D eigenvalue weighted by atomic mass is 10.1. The van der Waals surface area contributed by atoms with Gasteiger partial charge in [-0.25, -0.2) is 0 Å². The molecule has 6 nitrogen and oxygen atoms in total. The van der Waals surface area contributed by atoms with E-state index < -0.39 is 11.7 Å². The van der Waals surface area contributed by atoms with Gasteiger partial charge in [0.2, 0.25) is 0 Å². The Labute approximate surface area is 160 Å². The summed E-state index contributed by atoms with van der Waals surface area (Å²) >= 11 is 0. The van der Waals surface area contributed by atoms with Gasteiger partial charge in [0.1, 0.15) is 0 Å². The number of hydrogen-bond donors (Lipinski definition) is 3. The van der Waals surface area contributed by atoms with Gasteiger partial charge in [-0.15, -0.1) is 0 Å². The van der Waals surface area contributed by atoms with Crippen LogP contribution in [0.1, 0.15) is 42.8 Å². The van der Waals surface area contributed by atoms with Crippen molar-refractivity contribution in [3.63, 3.8) is 0 Å². The van der Waals surface area contributed by atoms with E-state index in [0.29, 0.717) is 11.3 Å². The summed E-state index contributed by atoms with van der Waals surface area (Å²) < 4.78 is 5.93. The molecular formula is C21H27N3O3. The molecule has 0 aliphatic heterocycles. The maximum absolute atomic E-state index is 12.6. The Bertz CT molecular complexity index is 770. The highest BCUT2D eigenvalue weighted by Crippen LogP contribution is 2.24. The highest BCUT2D eigenvalue weighted by molar-refractivity contribution is 5.99. The summed E-state index contributed by atoms with van der Waals surface area (Å²) in [6.07, 6.45) is -0.716. The van der Waals surface area contributed by atoms with Gasteiger partial charge in [-0.2, -0.15) is 0 Å². The van der Waals surface area contributed by atoms with Crippen molar-refractivity contribution in [3.8, 4) is 0 Å². The van der Waals surface area contributed by atoms with Crippen molar-refractivity contribution in [2.24, 2.45) is 0 Å². The monoisotopic (exact) mass is 369 g/mol. The van der Waals surface area contributed by atoms with E-state index in [1.165, 1.54) is 0 Å². The Kier molecular flexibility index (Phi) is 6.96. The quantitative estimate of drug-likeness (QED) is 0.517. The van der Waals surface area contributed by atoms with Crippen LogP contribution in [-0.2, 0) is 9.53 Å². The molecule has 0 saturated heterocycles. The minimum Gasteiger partial charge on any atom is -0.398 e. The van der Waals surface area contributed by atoms with Crippen LogP contribution in [0.2, 0.25) is 0 Å². The molecule has 2 aromatic rings. The molecule has 0 aliphatic carbocycles. The molecule has 1 atom stereocenters. The van der Waals surface area contributed by atoms with Crippen LogP contribution in [0.3, 0.4) is 0 Å². The van der Waals surface area contributed by atoms with Gasteiger partial charge in [-0.3, -0.25) is 9.59 Å². The van der Waals surface area contributed by atoms with E-state index in [1.54, 1.807) is 24.3 Å². The van der Waals surface area contributed by atoms with Crippen molar-refractivity contribution in [3.05, 3.63) is 65.7 Å². The Morgan fingerprint density at radius 1 is 0.963 bits per heavy atom. The molecule has 6 heteroatoms. The van der Waals surface area contributed by atoms with Crippen LogP contribution in [0.4, 0.5) is 5.69 Å². The van der Waals surface area contributed by atoms with Crippen molar-refractivity contribution < 1.29 is 14.3 Å². The molecule has 0 radical (unpaired) electrons. The number of ether oxygens (including phenoxy) is 1. The third-order valence-corrected chi connectivity index (χ3v) is 3.73. The fourth-order valence-corrected chi connectivity index (χ4v) is 2.51. The molecule has 0 heterocycles. The van der Waals surface area contributed by atoms with Crippen molar-refractivity contribution >= 4 is 17.5 Å². The molecule has 27 heavy (non-hydrogen) atoms. The minimum absolute atomic E-state index is 0.246. The first kappa shape index (κ1) is 20.5. The lowest BCUT2D eigenvalue weighted by Gasteiger charge is -2.27. The zero-order valence-electron chi connectivity index (χ0n) is 16.0. The number of carbonyl (C=O) groups is 2. The molecule has 2 amide bonds.